The first-order valence-corrected chi connectivity index (χ1v) is 15.7. The number of rotatable bonds is 11. The summed E-state index contributed by atoms with van der Waals surface area (Å²) in [5.74, 6) is 0.875. The number of hydrogen-bond donors (Lipinski definition) is 0. The molecule has 44 heavy (non-hydrogen) atoms. The van der Waals surface area contributed by atoms with Crippen LogP contribution in [0.25, 0.3) is 0 Å². The van der Waals surface area contributed by atoms with E-state index in [0.29, 0.717) is 62.8 Å². The molecule has 244 valence electrons. The highest BCUT2D eigenvalue weighted by molar-refractivity contribution is 6.30. The minimum Gasteiger partial charge on any atom is -0.489 e. The topological polar surface area (TPSA) is 80.3 Å². The Balaban J connectivity index is 1.59. The van der Waals surface area contributed by atoms with E-state index >= 15 is 0 Å². The van der Waals surface area contributed by atoms with Crippen molar-refractivity contribution < 1.29 is 32.2 Å². The van der Waals surface area contributed by atoms with Crippen LogP contribution in [0.5, 0.6) is 5.75 Å². The summed E-state index contributed by atoms with van der Waals surface area (Å²) in [6, 6.07) is 3.17. The van der Waals surface area contributed by atoms with Gasteiger partial charge in [0.05, 0.1) is 37.3 Å². The number of hydrogen-bond acceptors (Lipinski definition) is 8. The van der Waals surface area contributed by atoms with Crippen LogP contribution in [0.3, 0.4) is 0 Å². The van der Waals surface area contributed by atoms with Crippen LogP contribution in [0, 0.1) is 0 Å². The van der Waals surface area contributed by atoms with E-state index in [1.54, 1.807) is 12.4 Å². The summed E-state index contributed by atoms with van der Waals surface area (Å²) < 4.78 is 57.8. The number of halogens is 4. The Hall–Kier alpha value is -2.83. The molecule has 2 fully saturated rings. The van der Waals surface area contributed by atoms with Crippen molar-refractivity contribution in [2.75, 3.05) is 44.4 Å². The molecular weight excluding hydrogens is 599 g/mol. The lowest BCUT2D eigenvalue weighted by atomic mass is 9.87. The van der Waals surface area contributed by atoms with E-state index in [2.05, 4.69) is 14.9 Å². The first kappa shape index (κ1) is 34.1. The van der Waals surface area contributed by atoms with E-state index in [0.717, 1.165) is 31.8 Å². The van der Waals surface area contributed by atoms with E-state index in [1.165, 1.54) is 6.07 Å². The molecule has 2 saturated heterocycles. The van der Waals surface area contributed by atoms with Crippen LogP contribution >= 0.6 is 11.6 Å². The Labute approximate surface area is 262 Å². The van der Waals surface area contributed by atoms with Gasteiger partial charge in [-0.1, -0.05) is 25.4 Å². The van der Waals surface area contributed by atoms with Crippen LogP contribution in [0.15, 0.2) is 30.6 Å². The molecule has 2 aromatic rings. The van der Waals surface area contributed by atoms with Crippen LogP contribution in [0.1, 0.15) is 64.5 Å². The zero-order valence-corrected chi connectivity index (χ0v) is 26.6. The summed E-state index contributed by atoms with van der Waals surface area (Å²) in [5, 5.41) is 0.00355. The van der Waals surface area contributed by atoms with Gasteiger partial charge in [-0.15, -0.1) is 0 Å². The van der Waals surface area contributed by atoms with Crippen molar-refractivity contribution in [1.82, 2.24) is 19.8 Å². The number of amides is 1. The number of piperidine rings is 1. The predicted octanol–water partition coefficient (Wildman–Crippen LogP) is 6.43. The van der Waals surface area contributed by atoms with Gasteiger partial charge in [0.1, 0.15) is 6.61 Å². The fraction of sp³-hybridized carbons (Fsp3) is 0.645. The number of carbonyl (C=O) groups is 1. The molecule has 13 heteroatoms. The maximum absolute atomic E-state index is 13.7. The number of aromatic nitrogens is 2. The number of likely N-dealkylation sites (tertiary alicyclic amines) is 1. The third kappa shape index (κ3) is 9.10. The van der Waals surface area contributed by atoms with Gasteiger partial charge in [-0.05, 0) is 63.3 Å². The second-order valence-corrected chi connectivity index (χ2v) is 12.0. The molecule has 1 aromatic carbocycles. The Morgan fingerprint density at radius 3 is 2.30 bits per heavy atom. The molecule has 0 spiro atoms. The summed E-state index contributed by atoms with van der Waals surface area (Å²) in [6.45, 7) is 12.1. The van der Waals surface area contributed by atoms with Gasteiger partial charge in [0.25, 0.3) is 0 Å². The van der Waals surface area contributed by atoms with Crippen molar-refractivity contribution in [3.05, 3.63) is 46.7 Å². The number of carbonyl (C=O) groups excluding carboxylic acids is 1. The highest BCUT2D eigenvalue weighted by Gasteiger charge is 2.41. The Morgan fingerprint density at radius 1 is 1.09 bits per heavy atom. The largest absolute Gasteiger partial charge is 0.489 e. The Bertz CT molecular complexity index is 1200. The lowest BCUT2D eigenvalue weighted by molar-refractivity contribution is -0.137. The van der Waals surface area contributed by atoms with Crippen LogP contribution in [0.2, 0.25) is 5.02 Å². The summed E-state index contributed by atoms with van der Waals surface area (Å²) in [4.78, 5) is 28.3. The standard InChI is InChI=1S/C31H43ClF3N5O4/c1-5-25-16-27(17-26(6-2)40(25)30(41)44-21(3)4)39(20-22-13-23(31(33,34)35)15-24(32)14-22)29-36-18-28(19-37-29)43-12-9-38-7-10-42-11-8-38/h13-15,18-19,21,25-27H,5-12,16-17,20H2,1-4H3. The average molecular weight is 642 g/mol. The quantitative estimate of drug-likeness (QED) is 0.278. The summed E-state index contributed by atoms with van der Waals surface area (Å²) in [5.41, 5.74) is -0.420. The maximum atomic E-state index is 13.7. The van der Waals surface area contributed by atoms with E-state index in [9.17, 15) is 18.0 Å². The molecular formula is C31H43ClF3N5O4. The van der Waals surface area contributed by atoms with Crippen molar-refractivity contribution in [3.8, 4) is 5.75 Å². The van der Waals surface area contributed by atoms with Gasteiger partial charge in [-0.3, -0.25) is 4.90 Å². The molecule has 9 nitrogen and oxygen atoms in total. The third-order valence-electron chi connectivity index (χ3n) is 8.09. The van der Waals surface area contributed by atoms with E-state index in [1.807, 2.05) is 37.5 Å². The van der Waals surface area contributed by atoms with Crippen LogP contribution < -0.4 is 9.64 Å². The molecule has 2 aliphatic heterocycles. The third-order valence-corrected chi connectivity index (χ3v) is 8.31. The fourth-order valence-corrected chi connectivity index (χ4v) is 6.16. The van der Waals surface area contributed by atoms with Gasteiger partial charge in [-0.2, -0.15) is 13.2 Å². The van der Waals surface area contributed by atoms with E-state index in [-0.39, 0.29) is 41.9 Å². The minimum atomic E-state index is -4.54. The molecule has 2 unspecified atom stereocenters. The van der Waals surface area contributed by atoms with Gasteiger partial charge >= 0.3 is 12.3 Å². The van der Waals surface area contributed by atoms with Crippen molar-refractivity contribution in [1.29, 1.82) is 0 Å². The van der Waals surface area contributed by atoms with Crippen LogP contribution in [0.4, 0.5) is 23.9 Å². The second kappa shape index (κ2) is 15.4. The number of nitrogens with zero attached hydrogens (tertiary/aromatic N) is 5. The van der Waals surface area contributed by atoms with E-state index in [4.69, 9.17) is 25.8 Å². The summed E-state index contributed by atoms with van der Waals surface area (Å²) in [7, 11) is 0. The SMILES string of the molecule is CCC1CC(N(Cc2cc(Cl)cc(C(F)(F)F)c2)c2ncc(OCCN3CCOCC3)cn2)CC(CC)N1C(=O)OC(C)C. The highest BCUT2D eigenvalue weighted by atomic mass is 35.5. The number of alkyl halides is 3. The molecule has 0 bridgehead atoms. The molecule has 2 aliphatic rings. The van der Waals surface area contributed by atoms with Crippen molar-refractivity contribution >= 4 is 23.6 Å². The Kier molecular flexibility index (Phi) is 12.0. The van der Waals surface area contributed by atoms with Gasteiger partial charge in [0, 0.05) is 49.3 Å². The molecule has 1 amide bonds. The smallest absolute Gasteiger partial charge is 0.416 e. The van der Waals surface area contributed by atoms with Crippen LogP contribution in [-0.4, -0.2) is 89.5 Å². The normalized spacial score (nSPS) is 21.4. The molecule has 0 saturated carbocycles. The highest BCUT2D eigenvalue weighted by Crippen LogP contribution is 2.36. The number of ether oxygens (including phenoxy) is 3. The number of benzene rings is 1. The van der Waals surface area contributed by atoms with Gasteiger partial charge in [-0.25, -0.2) is 14.8 Å². The molecule has 4 rings (SSSR count). The van der Waals surface area contributed by atoms with E-state index < -0.39 is 11.7 Å². The first-order chi connectivity index (χ1) is 21.0. The molecule has 0 radical (unpaired) electrons. The molecule has 0 aliphatic carbocycles. The van der Waals surface area contributed by atoms with Crippen molar-refractivity contribution in [3.63, 3.8) is 0 Å². The fourth-order valence-electron chi connectivity index (χ4n) is 5.91. The van der Waals surface area contributed by atoms with Crippen LogP contribution in [-0.2, 0) is 22.2 Å². The zero-order chi connectivity index (χ0) is 31.9. The van der Waals surface area contributed by atoms with Gasteiger partial charge in [0.15, 0.2) is 5.75 Å². The van der Waals surface area contributed by atoms with Gasteiger partial charge in [0.2, 0.25) is 5.95 Å². The van der Waals surface area contributed by atoms with Crippen molar-refractivity contribution in [2.24, 2.45) is 0 Å². The van der Waals surface area contributed by atoms with Gasteiger partial charge < -0.3 is 24.0 Å². The average Bonchev–Trinajstić information content (AvgIpc) is 2.99. The summed E-state index contributed by atoms with van der Waals surface area (Å²) in [6.07, 6.45) is 0.602. The Morgan fingerprint density at radius 2 is 1.73 bits per heavy atom. The lowest BCUT2D eigenvalue weighted by Crippen LogP contribution is -2.57. The molecule has 1 aromatic heterocycles. The summed E-state index contributed by atoms with van der Waals surface area (Å²) >= 11 is 6.15. The second-order valence-electron chi connectivity index (χ2n) is 11.6. The molecule has 3 heterocycles. The first-order valence-electron chi connectivity index (χ1n) is 15.4. The minimum absolute atomic E-state index is 0.00355. The predicted molar refractivity (Wildman–Crippen MR) is 162 cm³/mol. The zero-order valence-electron chi connectivity index (χ0n) is 25.9. The number of morpholine rings is 1. The molecule has 2 atom stereocenters. The monoisotopic (exact) mass is 641 g/mol. The maximum Gasteiger partial charge on any atom is 0.416 e. The number of anilines is 1. The lowest BCUT2D eigenvalue weighted by Gasteiger charge is -2.47. The molecule has 0 N–H and O–H groups in total. The van der Waals surface area contributed by atoms with Crippen molar-refractivity contribution in [2.45, 2.75) is 90.3 Å².